The number of carbonyl (C=O) groups is 1. The van der Waals surface area contributed by atoms with Crippen LogP contribution in [-0.2, 0) is 17.6 Å². The van der Waals surface area contributed by atoms with E-state index in [1.54, 1.807) is 6.07 Å². The van der Waals surface area contributed by atoms with Crippen molar-refractivity contribution < 1.29 is 14.6 Å². The standard InChI is InChI=1S/C10H12N2O3/c1-15-9-5-7-4-6(10(13)14)2-3-8(7)11-12-9/h5-6H,2-4H2,1H3,(H,13,14). The van der Waals surface area contributed by atoms with Crippen LogP contribution in [0.2, 0.25) is 0 Å². The molecular formula is C10H12N2O3. The van der Waals surface area contributed by atoms with Crippen molar-refractivity contribution in [2.75, 3.05) is 7.11 Å². The minimum absolute atomic E-state index is 0.300. The summed E-state index contributed by atoms with van der Waals surface area (Å²) < 4.78 is 4.95. The maximum Gasteiger partial charge on any atom is 0.306 e. The number of aryl methyl sites for hydroxylation is 1. The predicted molar refractivity (Wildman–Crippen MR) is 51.7 cm³/mol. The minimum Gasteiger partial charge on any atom is -0.481 e. The number of carboxylic acid groups (broad SMARTS) is 1. The molecule has 1 unspecified atom stereocenters. The Morgan fingerprint density at radius 1 is 1.60 bits per heavy atom. The number of methoxy groups -OCH3 is 1. The van der Waals surface area contributed by atoms with Crippen LogP contribution in [0.25, 0.3) is 0 Å². The van der Waals surface area contributed by atoms with Gasteiger partial charge in [-0.2, -0.15) is 5.10 Å². The Kier molecular flexibility index (Phi) is 2.53. The van der Waals surface area contributed by atoms with Gasteiger partial charge in [0.05, 0.1) is 18.7 Å². The van der Waals surface area contributed by atoms with Gasteiger partial charge in [-0.1, -0.05) is 0 Å². The predicted octanol–water partition coefficient (Wildman–Crippen LogP) is 0.675. The third-order valence-corrected chi connectivity index (χ3v) is 2.69. The molecule has 0 amide bonds. The summed E-state index contributed by atoms with van der Waals surface area (Å²) in [7, 11) is 1.52. The van der Waals surface area contributed by atoms with Gasteiger partial charge in [-0.3, -0.25) is 4.79 Å². The summed E-state index contributed by atoms with van der Waals surface area (Å²) in [5.41, 5.74) is 1.84. The van der Waals surface area contributed by atoms with Gasteiger partial charge in [0, 0.05) is 6.07 Å². The van der Waals surface area contributed by atoms with Gasteiger partial charge in [0.25, 0.3) is 0 Å². The fraction of sp³-hybridized carbons (Fsp3) is 0.500. The molecule has 1 aromatic rings. The van der Waals surface area contributed by atoms with Crippen LogP contribution in [-0.4, -0.2) is 28.4 Å². The first kappa shape index (κ1) is 9.89. The molecule has 5 nitrogen and oxygen atoms in total. The normalized spacial score (nSPS) is 19.4. The third kappa shape index (κ3) is 1.91. The SMILES string of the molecule is COc1cc2c(nn1)CCC(C(=O)O)C2. The first-order chi connectivity index (χ1) is 7.20. The highest BCUT2D eigenvalue weighted by Gasteiger charge is 2.25. The van der Waals surface area contributed by atoms with Crippen LogP contribution in [0.3, 0.4) is 0 Å². The molecular weight excluding hydrogens is 196 g/mol. The molecule has 15 heavy (non-hydrogen) atoms. The smallest absolute Gasteiger partial charge is 0.306 e. The van der Waals surface area contributed by atoms with E-state index in [0.29, 0.717) is 25.1 Å². The lowest BCUT2D eigenvalue weighted by molar-refractivity contribution is -0.142. The Morgan fingerprint density at radius 3 is 3.07 bits per heavy atom. The molecule has 1 N–H and O–H groups in total. The zero-order valence-electron chi connectivity index (χ0n) is 8.43. The van der Waals surface area contributed by atoms with Gasteiger partial charge in [0.2, 0.25) is 5.88 Å². The van der Waals surface area contributed by atoms with Gasteiger partial charge in [0.15, 0.2) is 0 Å². The lowest BCUT2D eigenvalue weighted by Crippen LogP contribution is -2.23. The van der Waals surface area contributed by atoms with E-state index in [1.807, 2.05) is 0 Å². The van der Waals surface area contributed by atoms with E-state index in [9.17, 15) is 4.79 Å². The zero-order valence-corrected chi connectivity index (χ0v) is 8.43. The van der Waals surface area contributed by atoms with Gasteiger partial charge in [-0.05, 0) is 24.8 Å². The van der Waals surface area contributed by atoms with Gasteiger partial charge in [-0.15, -0.1) is 5.10 Å². The second kappa shape index (κ2) is 3.84. The molecule has 0 saturated heterocycles. The number of fused-ring (bicyclic) bond motifs is 1. The molecule has 80 valence electrons. The molecule has 0 aliphatic heterocycles. The van der Waals surface area contributed by atoms with E-state index < -0.39 is 5.97 Å². The summed E-state index contributed by atoms with van der Waals surface area (Å²) in [6.45, 7) is 0. The highest BCUT2D eigenvalue weighted by Crippen LogP contribution is 2.25. The van der Waals surface area contributed by atoms with E-state index in [4.69, 9.17) is 9.84 Å². The quantitative estimate of drug-likeness (QED) is 0.773. The van der Waals surface area contributed by atoms with Gasteiger partial charge >= 0.3 is 5.97 Å². The number of rotatable bonds is 2. The van der Waals surface area contributed by atoms with Crippen LogP contribution in [0.5, 0.6) is 5.88 Å². The summed E-state index contributed by atoms with van der Waals surface area (Å²) in [5.74, 6) is -0.595. The van der Waals surface area contributed by atoms with Crippen molar-refractivity contribution in [1.82, 2.24) is 10.2 Å². The molecule has 0 bridgehead atoms. The van der Waals surface area contributed by atoms with E-state index in [-0.39, 0.29) is 5.92 Å². The number of hydrogen-bond donors (Lipinski definition) is 1. The largest absolute Gasteiger partial charge is 0.481 e. The Morgan fingerprint density at radius 2 is 2.40 bits per heavy atom. The van der Waals surface area contributed by atoms with Crippen molar-refractivity contribution in [2.45, 2.75) is 19.3 Å². The third-order valence-electron chi connectivity index (χ3n) is 2.69. The minimum atomic E-state index is -0.739. The molecule has 1 aromatic heterocycles. The monoisotopic (exact) mass is 208 g/mol. The van der Waals surface area contributed by atoms with Crippen LogP contribution in [0.1, 0.15) is 17.7 Å². The first-order valence-corrected chi connectivity index (χ1v) is 4.83. The maximum atomic E-state index is 10.9. The lowest BCUT2D eigenvalue weighted by Gasteiger charge is -2.20. The van der Waals surface area contributed by atoms with Gasteiger partial charge in [-0.25, -0.2) is 0 Å². The molecule has 2 rings (SSSR count). The summed E-state index contributed by atoms with van der Waals surface area (Å²) in [5, 5.41) is 16.8. The van der Waals surface area contributed by atoms with Crippen molar-refractivity contribution in [1.29, 1.82) is 0 Å². The Bertz CT molecular complexity index is 392. The molecule has 1 heterocycles. The topological polar surface area (TPSA) is 72.3 Å². The summed E-state index contributed by atoms with van der Waals surface area (Å²) in [6.07, 6.45) is 1.85. The number of carboxylic acids is 1. The molecule has 0 aromatic carbocycles. The zero-order chi connectivity index (χ0) is 10.8. The van der Waals surface area contributed by atoms with Crippen molar-refractivity contribution in [3.63, 3.8) is 0 Å². The number of aliphatic carboxylic acids is 1. The van der Waals surface area contributed by atoms with E-state index >= 15 is 0 Å². The molecule has 5 heteroatoms. The molecule has 0 spiro atoms. The summed E-state index contributed by atoms with van der Waals surface area (Å²) in [6, 6.07) is 1.78. The molecule has 0 saturated carbocycles. The fourth-order valence-corrected chi connectivity index (χ4v) is 1.81. The highest BCUT2D eigenvalue weighted by molar-refractivity contribution is 5.70. The van der Waals surface area contributed by atoms with Gasteiger partial charge < -0.3 is 9.84 Å². The Labute approximate surface area is 87.1 Å². The molecule has 1 atom stereocenters. The second-order valence-electron chi connectivity index (χ2n) is 3.64. The number of ether oxygens (including phenoxy) is 1. The second-order valence-corrected chi connectivity index (χ2v) is 3.64. The van der Waals surface area contributed by atoms with Crippen LogP contribution < -0.4 is 4.74 Å². The average molecular weight is 208 g/mol. The summed E-state index contributed by atoms with van der Waals surface area (Å²) in [4.78, 5) is 10.9. The van der Waals surface area contributed by atoms with E-state index in [0.717, 1.165) is 11.3 Å². The van der Waals surface area contributed by atoms with Crippen molar-refractivity contribution in [2.24, 2.45) is 5.92 Å². The van der Waals surface area contributed by atoms with Gasteiger partial charge in [0.1, 0.15) is 0 Å². The van der Waals surface area contributed by atoms with Crippen LogP contribution in [0, 0.1) is 5.92 Å². The van der Waals surface area contributed by atoms with Crippen molar-refractivity contribution >= 4 is 5.97 Å². The lowest BCUT2D eigenvalue weighted by atomic mass is 9.87. The van der Waals surface area contributed by atoms with E-state index in [2.05, 4.69) is 10.2 Å². The first-order valence-electron chi connectivity index (χ1n) is 4.83. The van der Waals surface area contributed by atoms with Crippen LogP contribution >= 0.6 is 0 Å². The Hall–Kier alpha value is -1.65. The van der Waals surface area contributed by atoms with Crippen molar-refractivity contribution in [3.05, 3.63) is 17.3 Å². The number of hydrogen-bond acceptors (Lipinski definition) is 4. The molecule has 0 fully saturated rings. The van der Waals surface area contributed by atoms with E-state index in [1.165, 1.54) is 7.11 Å². The Balaban J connectivity index is 2.27. The summed E-state index contributed by atoms with van der Waals surface area (Å²) >= 11 is 0. The number of aromatic nitrogens is 2. The molecule has 1 aliphatic rings. The molecule has 1 aliphatic carbocycles. The average Bonchev–Trinajstić information content (AvgIpc) is 2.27. The maximum absolute atomic E-state index is 10.9. The fourth-order valence-electron chi connectivity index (χ4n) is 1.81. The van der Waals surface area contributed by atoms with Crippen LogP contribution in [0.15, 0.2) is 6.07 Å². The number of nitrogens with zero attached hydrogens (tertiary/aromatic N) is 2. The van der Waals surface area contributed by atoms with Crippen molar-refractivity contribution in [3.8, 4) is 5.88 Å². The van der Waals surface area contributed by atoms with Crippen LogP contribution in [0.4, 0.5) is 0 Å². The molecule has 0 radical (unpaired) electrons. The highest BCUT2D eigenvalue weighted by atomic mass is 16.5.